The minimum atomic E-state index is -0.809. The van der Waals surface area contributed by atoms with Gasteiger partial charge in [0.2, 0.25) is 0 Å². The van der Waals surface area contributed by atoms with Crippen LogP contribution >= 0.6 is 0 Å². The lowest BCUT2D eigenvalue weighted by molar-refractivity contribution is -0.166. The lowest BCUT2D eigenvalue weighted by atomic mass is 10.0. The van der Waals surface area contributed by atoms with Gasteiger partial charge in [-0.1, -0.05) is 298 Å². The number of hydrogen-bond donors (Lipinski definition) is 0. The molecule has 6 nitrogen and oxygen atoms in total. The predicted octanol–water partition coefficient (Wildman–Crippen LogP) is 21.9. The van der Waals surface area contributed by atoms with Crippen molar-refractivity contribution in [1.29, 1.82) is 0 Å². The van der Waals surface area contributed by atoms with Gasteiger partial charge < -0.3 is 14.2 Å². The molecular weight excluding hydrogens is 925 g/mol. The van der Waals surface area contributed by atoms with Crippen molar-refractivity contribution in [2.75, 3.05) is 13.2 Å². The van der Waals surface area contributed by atoms with Crippen LogP contribution in [0.2, 0.25) is 0 Å². The third-order valence-corrected chi connectivity index (χ3v) is 13.9. The zero-order valence-electron chi connectivity index (χ0n) is 49.6. The third kappa shape index (κ3) is 61.3. The molecule has 0 aromatic carbocycles. The van der Waals surface area contributed by atoms with Crippen molar-refractivity contribution in [2.24, 2.45) is 0 Å². The van der Waals surface area contributed by atoms with Gasteiger partial charge in [-0.3, -0.25) is 14.4 Å². The number of carbonyl (C=O) groups is 3. The molecule has 0 rings (SSSR count). The fraction of sp³-hybridized carbons (Fsp3) is 0.754. The average molecular weight is 1050 g/mol. The van der Waals surface area contributed by atoms with E-state index in [0.29, 0.717) is 19.3 Å². The maximum absolute atomic E-state index is 12.9. The Bertz CT molecular complexity index is 1430. The van der Waals surface area contributed by atoms with E-state index in [1.54, 1.807) is 0 Å². The number of allylic oxidation sites excluding steroid dienone is 14. The van der Waals surface area contributed by atoms with Crippen LogP contribution in [0.4, 0.5) is 0 Å². The topological polar surface area (TPSA) is 78.9 Å². The van der Waals surface area contributed by atoms with Crippen molar-refractivity contribution in [3.63, 3.8) is 0 Å². The molecule has 0 aliphatic carbocycles. The monoisotopic (exact) mass is 1040 g/mol. The van der Waals surface area contributed by atoms with Crippen LogP contribution in [0.5, 0.6) is 0 Å². The molecule has 0 spiro atoms. The van der Waals surface area contributed by atoms with Gasteiger partial charge >= 0.3 is 17.9 Å². The van der Waals surface area contributed by atoms with Gasteiger partial charge in [0.1, 0.15) is 13.2 Å². The van der Waals surface area contributed by atoms with Gasteiger partial charge in [-0.15, -0.1) is 0 Å². The maximum Gasteiger partial charge on any atom is 0.306 e. The minimum absolute atomic E-state index is 0.0987. The summed E-state index contributed by atoms with van der Waals surface area (Å²) in [5.41, 5.74) is 0. The van der Waals surface area contributed by atoms with Crippen LogP contribution in [0.25, 0.3) is 0 Å². The number of carbonyl (C=O) groups excluding carboxylic acids is 3. The summed E-state index contributed by atoms with van der Waals surface area (Å²) in [5, 5.41) is 0. The van der Waals surface area contributed by atoms with Crippen LogP contribution in [0.15, 0.2) is 85.1 Å². The number of hydrogen-bond acceptors (Lipinski definition) is 6. The second kappa shape index (κ2) is 63.1. The molecule has 0 saturated carbocycles. The molecule has 0 aromatic heterocycles. The van der Waals surface area contributed by atoms with Crippen molar-refractivity contribution in [3.8, 4) is 0 Å². The van der Waals surface area contributed by atoms with Crippen LogP contribution in [0.3, 0.4) is 0 Å². The first-order valence-corrected chi connectivity index (χ1v) is 32.1. The summed E-state index contributed by atoms with van der Waals surface area (Å²) in [6, 6.07) is 0. The Morgan fingerprint density at radius 2 is 0.547 bits per heavy atom. The molecule has 6 heteroatoms. The highest BCUT2D eigenvalue weighted by molar-refractivity contribution is 5.71. The van der Waals surface area contributed by atoms with Crippen molar-refractivity contribution in [2.45, 2.75) is 322 Å². The van der Waals surface area contributed by atoms with E-state index < -0.39 is 6.10 Å². The molecule has 75 heavy (non-hydrogen) atoms. The fourth-order valence-corrected chi connectivity index (χ4v) is 9.11. The van der Waals surface area contributed by atoms with E-state index >= 15 is 0 Å². The summed E-state index contributed by atoms with van der Waals surface area (Å²) >= 11 is 0. The summed E-state index contributed by atoms with van der Waals surface area (Å²) < 4.78 is 16.9. The normalized spacial score (nSPS) is 12.6. The molecule has 0 amide bonds. The zero-order valence-corrected chi connectivity index (χ0v) is 49.6. The second-order valence-electron chi connectivity index (χ2n) is 21.3. The van der Waals surface area contributed by atoms with Gasteiger partial charge in [-0.2, -0.15) is 0 Å². The van der Waals surface area contributed by atoms with E-state index in [9.17, 15) is 14.4 Å². The second-order valence-corrected chi connectivity index (χ2v) is 21.3. The minimum Gasteiger partial charge on any atom is -0.462 e. The van der Waals surface area contributed by atoms with Crippen LogP contribution < -0.4 is 0 Å². The Morgan fingerprint density at radius 3 is 0.893 bits per heavy atom. The molecular formula is C69H120O6. The molecule has 0 heterocycles. The van der Waals surface area contributed by atoms with Crippen molar-refractivity contribution >= 4 is 17.9 Å². The Balaban J connectivity index is 4.44. The molecule has 0 aliphatic heterocycles. The van der Waals surface area contributed by atoms with E-state index in [1.165, 1.54) is 193 Å². The first-order chi connectivity index (χ1) is 37.0. The standard InChI is InChI=1S/C69H120O6/c1-4-7-10-13-16-19-22-25-28-31-33-34-36-39-41-44-47-50-53-56-59-62-68(71)74-65-66(75-69(72)63-60-57-54-51-48-45-42-37-30-27-24-21-18-15-12-9-6-3)64-73-67(70)61-58-55-52-49-46-43-40-38-35-32-29-26-23-20-17-14-11-8-5-2/h8,11,17,20,26-27,29-30,35,38,43,46,52,55,66H,4-7,9-10,12-16,18-19,21-25,28,31-34,36-37,39-42,44-45,47-51,53-54,56-65H2,1-3H3/b11-8-,20-17-,29-26-,30-27-,38-35-,46-43-,55-52-/t66-/m1/s1. The van der Waals surface area contributed by atoms with Gasteiger partial charge in [-0.05, 0) is 83.5 Å². The van der Waals surface area contributed by atoms with Gasteiger partial charge in [0, 0.05) is 19.3 Å². The molecule has 0 aromatic rings. The molecule has 1 atom stereocenters. The largest absolute Gasteiger partial charge is 0.462 e. The van der Waals surface area contributed by atoms with Gasteiger partial charge in [0.15, 0.2) is 6.10 Å². The summed E-state index contributed by atoms with van der Waals surface area (Å²) in [7, 11) is 0. The van der Waals surface area contributed by atoms with Crippen molar-refractivity contribution in [1.82, 2.24) is 0 Å². The van der Waals surface area contributed by atoms with E-state index in [-0.39, 0.29) is 37.5 Å². The molecule has 0 aliphatic rings. The number of rotatable bonds is 58. The highest BCUT2D eigenvalue weighted by Crippen LogP contribution is 2.17. The lowest BCUT2D eigenvalue weighted by Crippen LogP contribution is -2.30. The summed E-state index contributed by atoms with van der Waals surface area (Å²) in [4.78, 5) is 38.3. The van der Waals surface area contributed by atoms with Gasteiger partial charge in [0.05, 0.1) is 0 Å². The van der Waals surface area contributed by atoms with Crippen LogP contribution in [-0.2, 0) is 28.6 Å². The van der Waals surface area contributed by atoms with Crippen molar-refractivity contribution in [3.05, 3.63) is 85.1 Å². The van der Waals surface area contributed by atoms with E-state index in [2.05, 4.69) is 99.8 Å². The first-order valence-electron chi connectivity index (χ1n) is 32.1. The molecule has 0 saturated heterocycles. The number of unbranched alkanes of at least 4 members (excludes halogenated alkanes) is 33. The SMILES string of the molecule is CC/C=C\C/C=C\C/C=C\C/C=C\C/C=C\C/C=C\CCC(=O)OC[C@H](COC(=O)CCCCCCCCCCCCCCCCCCCCCCC)OC(=O)CCCCCCCCC/C=C\CCCCCCCC. The molecule has 0 N–H and O–H groups in total. The van der Waals surface area contributed by atoms with E-state index in [4.69, 9.17) is 14.2 Å². The Morgan fingerprint density at radius 1 is 0.280 bits per heavy atom. The first kappa shape index (κ1) is 71.6. The molecule has 0 radical (unpaired) electrons. The maximum atomic E-state index is 12.9. The fourth-order valence-electron chi connectivity index (χ4n) is 9.11. The number of esters is 3. The summed E-state index contributed by atoms with van der Waals surface area (Å²) in [6.07, 6.45) is 83.2. The zero-order chi connectivity index (χ0) is 54.3. The Hall–Kier alpha value is -3.41. The summed E-state index contributed by atoms with van der Waals surface area (Å²) in [5.74, 6) is -0.977. The smallest absolute Gasteiger partial charge is 0.306 e. The molecule has 432 valence electrons. The van der Waals surface area contributed by atoms with E-state index in [0.717, 1.165) is 77.0 Å². The highest BCUT2D eigenvalue weighted by Gasteiger charge is 2.19. The third-order valence-electron chi connectivity index (χ3n) is 13.9. The highest BCUT2D eigenvalue weighted by atomic mass is 16.6. The predicted molar refractivity (Wildman–Crippen MR) is 325 cm³/mol. The molecule has 0 unspecified atom stereocenters. The van der Waals surface area contributed by atoms with Gasteiger partial charge in [0.25, 0.3) is 0 Å². The Labute approximate surface area is 465 Å². The van der Waals surface area contributed by atoms with Crippen LogP contribution in [0, 0.1) is 0 Å². The molecule has 0 bridgehead atoms. The van der Waals surface area contributed by atoms with Crippen LogP contribution in [0.1, 0.15) is 316 Å². The molecule has 0 fully saturated rings. The Kier molecular flexibility index (Phi) is 60.3. The lowest BCUT2D eigenvalue weighted by Gasteiger charge is -2.18. The van der Waals surface area contributed by atoms with Crippen LogP contribution in [-0.4, -0.2) is 37.2 Å². The van der Waals surface area contributed by atoms with Gasteiger partial charge in [-0.25, -0.2) is 0 Å². The quantitative estimate of drug-likeness (QED) is 0.0261. The number of ether oxygens (including phenoxy) is 3. The van der Waals surface area contributed by atoms with Crippen molar-refractivity contribution < 1.29 is 28.6 Å². The van der Waals surface area contributed by atoms with E-state index in [1.807, 2.05) is 6.08 Å². The summed E-state index contributed by atoms with van der Waals surface area (Å²) in [6.45, 7) is 6.50. The average Bonchev–Trinajstić information content (AvgIpc) is 3.41.